The third-order valence-electron chi connectivity index (χ3n) is 3.57. The van der Waals surface area contributed by atoms with E-state index in [-0.39, 0.29) is 0 Å². The van der Waals surface area contributed by atoms with Crippen molar-refractivity contribution < 1.29 is 4.43 Å². The summed E-state index contributed by atoms with van der Waals surface area (Å²) in [5, 5.41) is 0. The van der Waals surface area contributed by atoms with E-state index in [0.717, 1.165) is 0 Å². The van der Waals surface area contributed by atoms with Crippen LogP contribution >= 0.6 is 0 Å². The van der Waals surface area contributed by atoms with Gasteiger partial charge in [-0.3, -0.25) is 0 Å². The molecule has 0 fully saturated rings. The summed E-state index contributed by atoms with van der Waals surface area (Å²) in [6, 6.07) is 3.85. The Kier molecular flexibility index (Phi) is 8.44. The van der Waals surface area contributed by atoms with Crippen LogP contribution in [0.2, 0.25) is 18.1 Å². The first-order chi connectivity index (χ1) is 7.17. The van der Waals surface area contributed by atoms with Crippen molar-refractivity contribution in [2.24, 2.45) is 0 Å². The summed E-state index contributed by atoms with van der Waals surface area (Å²) >= 11 is 0. The van der Waals surface area contributed by atoms with Crippen LogP contribution in [0.5, 0.6) is 0 Å². The highest BCUT2D eigenvalue weighted by atomic mass is 28.4. The average Bonchev–Trinajstić information content (AvgIpc) is 2.27. The minimum atomic E-state index is -1.35. The van der Waals surface area contributed by atoms with Crippen LogP contribution < -0.4 is 0 Å². The van der Waals surface area contributed by atoms with Gasteiger partial charge in [0.15, 0.2) is 8.32 Å². The number of hydrogen-bond donors (Lipinski definition) is 0. The predicted molar refractivity (Wildman–Crippen MR) is 71.9 cm³/mol. The molecule has 15 heavy (non-hydrogen) atoms. The Morgan fingerprint density at radius 3 is 1.47 bits per heavy atom. The Hall–Kier alpha value is 0.177. The molecule has 0 heterocycles. The largest absolute Gasteiger partial charge is 0.414 e. The van der Waals surface area contributed by atoms with Crippen LogP contribution in [-0.4, -0.2) is 14.4 Å². The molecule has 0 aliphatic carbocycles. The highest BCUT2D eigenvalue weighted by Gasteiger charge is 2.31. The zero-order valence-corrected chi connectivity index (χ0v) is 12.4. The Morgan fingerprint density at radius 2 is 1.20 bits per heavy atom. The number of hydrogen-bond acceptors (Lipinski definition) is 1. The molecular formula is C13H30OSi. The third-order valence-corrected chi connectivity index (χ3v) is 8.27. The first-order valence-electron chi connectivity index (χ1n) is 6.85. The summed E-state index contributed by atoms with van der Waals surface area (Å²) in [5.74, 6) is 0. The lowest BCUT2D eigenvalue weighted by Gasteiger charge is -2.33. The van der Waals surface area contributed by atoms with Gasteiger partial charge in [0.1, 0.15) is 0 Å². The first kappa shape index (κ1) is 15.2. The minimum absolute atomic E-state index is 0.548. The molecule has 0 rings (SSSR count). The van der Waals surface area contributed by atoms with Crippen LogP contribution in [0, 0.1) is 0 Å². The van der Waals surface area contributed by atoms with Crippen LogP contribution in [0.25, 0.3) is 0 Å². The zero-order valence-electron chi connectivity index (χ0n) is 11.4. The van der Waals surface area contributed by atoms with Gasteiger partial charge in [0.25, 0.3) is 0 Å². The van der Waals surface area contributed by atoms with Gasteiger partial charge in [0.2, 0.25) is 0 Å². The van der Waals surface area contributed by atoms with Crippen LogP contribution in [0.3, 0.4) is 0 Å². The quantitative estimate of drug-likeness (QED) is 0.508. The summed E-state index contributed by atoms with van der Waals surface area (Å²) in [5.41, 5.74) is 0. The van der Waals surface area contributed by atoms with E-state index in [9.17, 15) is 0 Å². The fourth-order valence-corrected chi connectivity index (χ4v) is 5.20. The Balaban J connectivity index is 4.30. The van der Waals surface area contributed by atoms with Gasteiger partial charge in [0.05, 0.1) is 0 Å². The molecule has 2 heteroatoms. The van der Waals surface area contributed by atoms with E-state index in [1.165, 1.54) is 43.8 Å². The first-order valence-corrected chi connectivity index (χ1v) is 9.38. The van der Waals surface area contributed by atoms with E-state index in [1.54, 1.807) is 0 Å². The SMILES string of the molecule is CCCC(CCC)O[Si](CC)(CC)CC. The van der Waals surface area contributed by atoms with Gasteiger partial charge in [-0.1, -0.05) is 47.5 Å². The van der Waals surface area contributed by atoms with E-state index in [2.05, 4.69) is 34.6 Å². The molecule has 0 spiro atoms. The van der Waals surface area contributed by atoms with Crippen molar-refractivity contribution in [2.75, 3.05) is 0 Å². The summed E-state index contributed by atoms with van der Waals surface area (Å²) in [6.07, 6.45) is 5.57. The summed E-state index contributed by atoms with van der Waals surface area (Å²) < 4.78 is 6.51. The second-order valence-electron chi connectivity index (χ2n) is 4.56. The standard InChI is InChI=1S/C13H30OSi/c1-6-11-13(12-7-2)14-15(8-3,9-4)10-5/h13H,6-12H2,1-5H3. The molecule has 0 aromatic heterocycles. The molecule has 0 aliphatic heterocycles. The van der Waals surface area contributed by atoms with Gasteiger partial charge in [-0.2, -0.15) is 0 Å². The maximum Gasteiger partial charge on any atom is 0.192 e. The molecule has 0 aromatic rings. The third kappa shape index (κ3) is 5.16. The molecule has 0 aromatic carbocycles. The van der Waals surface area contributed by atoms with Crippen LogP contribution in [0.1, 0.15) is 60.3 Å². The van der Waals surface area contributed by atoms with Crippen molar-refractivity contribution in [1.82, 2.24) is 0 Å². The molecule has 0 bridgehead atoms. The molecule has 0 saturated carbocycles. The van der Waals surface area contributed by atoms with E-state index in [4.69, 9.17) is 4.43 Å². The molecular weight excluding hydrogens is 200 g/mol. The highest BCUT2D eigenvalue weighted by Crippen LogP contribution is 2.26. The van der Waals surface area contributed by atoms with Crippen molar-refractivity contribution in [2.45, 2.75) is 84.5 Å². The molecule has 92 valence electrons. The molecule has 0 amide bonds. The molecule has 0 aliphatic rings. The summed E-state index contributed by atoms with van der Waals surface area (Å²) in [4.78, 5) is 0. The van der Waals surface area contributed by atoms with Gasteiger partial charge in [-0.25, -0.2) is 0 Å². The second kappa shape index (κ2) is 8.34. The molecule has 1 nitrogen and oxygen atoms in total. The van der Waals surface area contributed by atoms with E-state index in [0.29, 0.717) is 6.10 Å². The van der Waals surface area contributed by atoms with Crippen LogP contribution in [0.4, 0.5) is 0 Å². The molecule has 0 atom stereocenters. The summed E-state index contributed by atoms with van der Waals surface area (Å²) in [7, 11) is -1.35. The van der Waals surface area contributed by atoms with Crippen molar-refractivity contribution in [3.63, 3.8) is 0 Å². The van der Waals surface area contributed by atoms with Crippen LogP contribution in [0.15, 0.2) is 0 Å². The maximum atomic E-state index is 6.51. The van der Waals surface area contributed by atoms with Gasteiger partial charge in [-0.15, -0.1) is 0 Å². The molecule has 0 radical (unpaired) electrons. The van der Waals surface area contributed by atoms with E-state index >= 15 is 0 Å². The minimum Gasteiger partial charge on any atom is -0.414 e. The highest BCUT2D eigenvalue weighted by molar-refractivity contribution is 6.73. The molecule has 0 saturated heterocycles. The van der Waals surface area contributed by atoms with Gasteiger partial charge >= 0.3 is 0 Å². The predicted octanol–water partition coefficient (Wildman–Crippen LogP) is 4.98. The molecule has 0 N–H and O–H groups in total. The zero-order chi connectivity index (χ0) is 11.7. The summed E-state index contributed by atoms with van der Waals surface area (Å²) in [6.45, 7) is 11.5. The number of rotatable bonds is 9. The molecule has 0 unspecified atom stereocenters. The van der Waals surface area contributed by atoms with Crippen molar-refractivity contribution in [3.8, 4) is 0 Å². The van der Waals surface area contributed by atoms with E-state index in [1.807, 2.05) is 0 Å². The second-order valence-corrected chi connectivity index (χ2v) is 9.28. The smallest absolute Gasteiger partial charge is 0.192 e. The Labute approximate surface area is 97.7 Å². The monoisotopic (exact) mass is 230 g/mol. The van der Waals surface area contributed by atoms with Crippen molar-refractivity contribution in [1.29, 1.82) is 0 Å². The lowest BCUT2D eigenvalue weighted by Crippen LogP contribution is -2.39. The maximum absolute atomic E-state index is 6.51. The average molecular weight is 230 g/mol. The fourth-order valence-electron chi connectivity index (χ4n) is 2.26. The lowest BCUT2D eigenvalue weighted by molar-refractivity contribution is 0.164. The van der Waals surface area contributed by atoms with E-state index < -0.39 is 8.32 Å². The topological polar surface area (TPSA) is 9.23 Å². The van der Waals surface area contributed by atoms with Crippen LogP contribution in [-0.2, 0) is 4.43 Å². The lowest BCUT2D eigenvalue weighted by atomic mass is 10.1. The van der Waals surface area contributed by atoms with Gasteiger partial charge in [-0.05, 0) is 31.0 Å². The van der Waals surface area contributed by atoms with Crippen molar-refractivity contribution >= 4 is 8.32 Å². The Bertz CT molecular complexity index is 129. The fraction of sp³-hybridized carbons (Fsp3) is 1.00. The van der Waals surface area contributed by atoms with Gasteiger partial charge in [0, 0.05) is 6.10 Å². The van der Waals surface area contributed by atoms with Gasteiger partial charge < -0.3 is 4.43 Å². The normalized spacial score (nSPS) is 12.4. The van der Waals surface area contributed by atoms with Crippen molar-refractivity contribution in [3.05, 3.63) is 0 Å². The Morgan fingerprint density at radius 1 is 0.800 bits per heavy atom.